The molecular weight excluding hydrogens is 397 g/mol. The summed E-state index contributed by atoms with van der Waals surface area (Å²) in [7, 11) is 0. The predicted octanol–water partition coefficient (Wildman–Crippen LogP) is 4.82. The Morgan fingerprint density at radius 1 is 0.652 bits per heavy atom. The fraction of sp³-hybridized carbons (Fsp3) is 0.0526. The third kappa shape index (κ3) is 2.38. The van der Waals surface area contributed by atoms with Gasteiger partial charge in [-0.1, -0.05) is 42.5 Å². The number of nitrogens with two attached hydrogens (primary N) is 1. The van der Waals surface area contributed by atoms with Gasteiger partial charge in [0.05, 0.1) is 17.1 Å². The molecule has 1 atom stereocenters. The highest BCUT2D eigenvalue weighted by atomic mass is 127. The maximum absolute atomic E-state index is 6.65. The lowest BCUT2D eigenvalue weighted by Crippen LogP contribution is -2.45. The summed E-state index contributed by atoms with van der Waals surface area (Å²) in [4.78, 5) is 4.38. The molecule has 0 bridgehead atoms. The Balaban J connectivity index is 1.89. The van der Waals surface area contributed by atoms with Crippen LogP contribution in [0, 0.1) is 3.57 Å². The maximum Gasteiger partial charge on any atom is 0.164 e. The van der Waals surface area contributed by atoms with Crippen molar-refractivity contribution in [1.29, 1.82) is 0 Å². The van der Waals surface area contributed by atoms with Gasteiger partial charge in [-0.25, -0.2) is 0 Å². The van der Waals surface area contributed by atoms with Gasteiger partial charge in [-0.15, -0.1) is 0 Å². The van der Waals surface area contributed by atoms with Gasteiger partial charge in [0.25, 0.3) is 0 Å². The van der Waals surface area contributed by atoms with Crippen molar-refractivity contribution in [3.63, 3.8) is 0 Å². The number of hydrogen-bond donors (Lipinski definition) is 1. The van der Waals surface area contributed by atoms with E-state index in [-0.39, 0.29) is 6.29 Å². The molecule has 1 unspecified atom stereocenters. The largest absolute Gasteiger partial charge is 0.306 e. The van der Waals surface area contributed by atoms with Crippen LogP contribution >= 0.6 is 22.6 Å². The second-order valence-electron chi connectivity index (χ2n) is 5.43. The number of rotatable bonds is 2. The van der Waals surface area contributed by atoms with E-state index in [1.807, 2.05) is 24.3 Å². The smallest absolute Gasteiger partial charge is 0.164 e. The second-order valence-corrected chi connectivity index (χ2v) is 6.59. The van der Waals surface area contributed by atoms with Gasteiger partial charge in [0.15, 0.2) is 6.29 Å². The van der Waals surface area contributed by atoms with Crippen LogP contribution in [0.3, 0.4) is 0 Å². The Bertz CT molecular complexity index is 835. The molecule has 3 aromatic carbocycles. The molecule has 2 N–H and O–H groups in total. The van der Waals surface area contributed by atoms with Crippen LogP contribution < -0.4 is 15.5 Å². The van der Waals surface area contributed by atoms with Gasteiger partial charge in [0.1, 0.15) is 0 Å². The fourth-order valence-corrected chi connectivity index (χ4v) is 3.72. The molecule has 0 saturated heterocycles. The zero-order chi connectivity index (χ0) is 15.8. The molecule has 1 aliphatic rings. The summed E-state index contributed by atoms with van der Waals surface area (Å²) in [6.07, 6.45) is -0.272. The molecule has 0 amide bonds. The average molecular weight is 413 g/mol. The summed E-state index contributed by atoms with van der Waals surface area (Å²) in [6.45, 7) is 0. The first-order chi connectivity index (χ1) is 11.3. The lowest BCUT2D eigenvalue weighted by molar-refractivity contribution is 0.725. The Morgan fingerprint density at radius 2 is 1.17 bits per heavy atom. The van der Waals surface area contributed by atoms with Crippen molar-refractivity contribution in [2.24, 2.45) is 5.73 Å². The molecule has 0 fully saturated rings. The second kappa shape index (κ2) is 5.86. The maximum atomic E-state index is 6.65. The zero-order valence-corrected chi connectivity index (χ0v) is 14.6. The molecule has 1 aliphatic heterocycles. The molecule has 3 nitrogen and oxygen atoms in total. The van der Waals surface area contributed by atoms with E-state index < -0.39 is 0 Å². The Kier molecular flexibility index (Phi) is 3.71. The summed E-state index contributed by atoms with van der Waals surface area (Å²) in [5, 5.41) is 0. The summed E-state index contributed by atoms with van der Waals surface area (Å²) >= 11 is 2.36. The van der Waals surface area contributed by atoms with Gasteiger partial charge in [-0.3, -0.25) is 5.73 Å². The van der Waals surface area contributed by atoms with E-state index in [0.717, 1.165) is 22.7 Å². The van der Waals surface area contributed by atoms with Crippen molar-refractivity contribution in [3.8, 4) is 0 Å². The summed E-state index contributed by atoms with van der Waals surface area (Å²) in [5.74, 6) is 0. The Morgan fingerprint density at radius 3 is 1.83 bits per heavy atom. The van der Waals surface area contributed by atoms with Gasteiger partial charge in [0, 0.05) is 9.26 Å². The summed E-state index contributed by atoms with van der Waals surface area (Å²) in [6, 6.07) is 27.0. The number of para-hydroxylation sites is 4. The first kappa shape index (κ1) is 14.5. The molecule has 0 aliphatic carbocycles. The SMILES string of the molecule is NC1N(c2ccccc2)c2ccccc2N1c1ccccc1I. The van der Waals surface area contributed by atoms with Crippen LogP contribution in [-0.2, 0) is 0 Å². The van der Waals surface area contributed by atoms with Crippen LogP contribution in [0.1, 0.15) is 0 Å². The standard InChI is InChI=1S/C19H16IN3/c20-15-10-4-5-11-16(15)23-18-13-7-6-12-17(18)22(19(23)21)14-8-2-1-3-9-14/h1-13,19H,21H2. The molecule has 1 heterocycles. The van der Waals surface area contributed by atoms with Gasteiger partial charge in [0.2, 0.25) is 0 Å². The highest BCUT2D eigenvalue weighted by molar-refractivity contribution is 14.1. The van der Waals surface area contributed by atoms with E-state index in [1.165, 1.54) is 3.57 Å². The quantitative estimate of drug-likeness (QED) is 0.612. The van der Waals surface area contributed by atoms with E-state index in [1.54, 1.807) is 0 Å². The highest BCUT2D eigenvalue weighted by Crippen LogP contribution is 2.46. The van der Waals surface area contributed by atoms with Crippen LogP contribution in [0.15, 0.2) is 78.9 Å². The van der Waals surface area contributed by atoms with Crippen molar-refractivity contribution < 1.29 is 0 Å². The van der Waals surface area contributed by atoms with E-state index in [0.29, 0.717) is 0 Å². The molecule has 4 rings (SSSR count). The van der Waals surface area contributed by atoms with Crippen LogP contribution in [-0.4, -0.2) is 6.29 Å². The minimum atomic E-state index is -0.272. The molecular formula is C19H16IN3. The predicted molar refractivity (Wildman–Crippen MR) is 104 cm³/mol. The minimum Gasteiger partial charge on any atom is -0.306 e. The molecule has 0 aromatic heterocycles. The first-order valence-corrected chi connectivity index (χ1v) is 8.58. The number of nitrogens with zero attached hydrogens (tertiary/aromatic N) is 2. The lowest BCUT2D eigenvalue weighted by atomic mass is 10.2. The lowest BCUT2D eigenvalue weighted by Gasteiger charge is -2.30. The normalized spacial score (nSPS) is 16.5. The molecule has 23 heavy (non-hydrogen) atoms. The fourth-order valence-electron chi connectivity index (χ4n) is 3.07. The van der Waals surface area contributed by atoms with Crippen molar-refractivity contribution in [3.05, 3.63) is 82.4 Å². The highest BCUT2D eigenvalue weighted by Gasteiger charge is 2.35. The van der Waals surface area contributed by atoms with Crippen LogP contribution in [0.25, 0.3) is 0 Å². The van der Waals surface area contributed by atoms with Gasteiger partial charge >= 0.3 is 0 Å². The monoisotopic (exact) mass is 413 g/mol. The number of hydrogen-bond acceptors (Lipinski definition) is 3. The van der Waals surface area contributed by atoms with Gasteiger partial charge in [-0.2, -0.15) is 0 Å². The minimum absolute atomic E-state index is 0.272. The van der Waals surface area contributed by atoms with Crippen LogP contribution in [0.2, 0.25) is 0 Å². The van der Waals surface area contributed by atoms with Crippen LogP contribution in [0.5, 0.6) is 0 Å². The Hall–Kier alpha value is -2.05. The Labute approximate surface area is 149 Å². The summed E-state index contributed by atoms with van der Waals surface area (Å²) < 4.78 is 1.19. The first-order valence-electron chi connectivity index (χ1n) is 7.50. The zero-order valence-electron chi connectivity index (χ0n) is 12.4. The summed E-state index contributed by atoms with van der Waals surface area (Å²) in [5.41, 5.74) is 11.1. The third-order valence-corrected chi connectivity index (χ3v) is 4.99. The molecule has 0 spiro atoms. The van der Waals surface area contributed by atoms with Crippen molar-refractivity contribution >= 4 is 45.3 Å². The molecule has 4 heteroatoms. The molecule has 0 saturated carbocycles. The van der Waals surface area contributed by atoms with Crippen molar-refractivity contribution in [2.75, 3.05) is 9.80 Å². The number of benzene rings is 3. The van der Waals surface area contributed by atoms with Gasteiger partial charge in [-0.05, 0) is 59.0 Å². The van der Waals surface area contributed by atoms with Crippen molar-refractivity contribution in [1.82, 2.24) is 0 Å². The van der Waals surface area contributed by atoms with Crippen LogP contribution in [0.4, 0.5) is 22.7 Å². The molecule has 3 aromatic rings. The number of halogens is 1. The van der Waals surface area contributed by atoms with E-state index in [4.69, 9.17) is 5.73 Å². The number of fused-ring (bicyclic) bond motifs is 1. The molecule has 114 valence electrons. The molecule has 0 radical (unpaired) electrons. The van der Waals surface area contributed by atoms with E-state index in [9.17, 15) is 0 Å². The third-order valence-electron chi connectivity index (χ3n) is 4.08. The van der Waals surface area contributed by atoms with Crippen molar-refractivity contribution in [2.45, 2.75) is 6.29 Å². The van der Waals surface area contributed by atoms with Gasteiger partial charge < -0.3 is 9.80 Å². The van der Waals surface area contributed by atoms with E-state index in [2.05, 4.69) is 87.0 Å². The van der Waals surface area contributed by atoms with E-state index >= 15 is 0 Å². The average Bonchev–Trinajstić information content (AvgIpc) is 2.88. The topological polar surface area (TPSA) is 32.5 Å². The number of anilines is 4.